The quantitative estimate of drug-likeness (QED) is 0.604. The molecule has 1 saturated carbocycles. The largest absolute Gasteiger partial charge is 0.258 e. The molecule has 0 aromatic heterocycles. The molecule has 1 nitrogen and oxygen atoms in total. The van der Waals surface area contributed by atoms with E-state index in [0.717, 1.165) is 19.0 Å². The average molecular weight is 294 g/mol. The Bertz CT molecular complexity index is 407. The Hall–Kier alpha value is -0.470. The first-order valence-corrected chi connectivity index (χ1v) is 10.0. The van der Waals surface area contributed by atoms with Crippen molar-refractivity contribution in [2.45, 2.75) is 59.8 Å². The van der Waals surface area contributed by atoms with Crippen LogP contribution in [0.4, 0.5) is 0 Å². The van der Waals surface area contributed by atoms with Crippen LogP contribution in [0.2, 0.25) is 0 Å². The lowest BCUT2D eigenvalue weighted by atomic mass is 9.84. The van der Waals surface area contributed by atoms with E-state index in [0.29, 0.717) is 0 Å². The van der Waals surface area contributed by atoms with Crippen LogP contribution in [0, 0.1) is 5.92 Å². The molecule has 0 amide bonds. The van der Waals surface area contributed by atoms with Crippen LogP contribution in [0.1, 0.15) is 59.8 Å². The third-order valence-corrected chi connectivity index (χ3v) is 7.94. The molecule has 1 heterocycles. The Labute approximate surface area is 127 Å². The Balaban J connectivity index is 2.28. The molecule has 1 aliphatic heterocycles. The van der Waals surface area contributed by atoms with E-state index in [4.69, 9.17) is 0 Å². The van der Waals surface area contributed by atoms with Crippen LogP contribution in [0.5, 0.6) is 0 Å². The summed E-state index contributed by atoms with van der Waals surface area (Å²) in [5.41, 5.74) is 3.07. The molecule has 0 radical (unpaired) electrons. The van der Waals surface area contributed by atoms with E-state index in [1.807, 2.05) is 0 Å². The second kappa shape index (κ2) is 7.00. The maximum Gasteiger partial charge on any atom is 0.00546 e. The van der Waals surface area contributed by atoms with E-state index >= 15 is 0 Å². The van der Waals surface area contributed by atoms with Crippen molar-refractivity contribution < 1.29 is 0 Å². The Morgan fingerprint density at radius 1 is 1.20 bits per heavy atom. The van der Waals surface area contributed by atoms with Gasteiger partial charge in [0, 0.05) is 13.1 Å². The highest BCUT2D eigenvalue weighted by Crippen LogP contribution is 2.61. The van der Waals surface area contributed by atoms with E-state index in [1.165, 1.54) is 37.7 Å². The second-order valence-corrected chi connectivity index (χ2v) is 9.00. The predicted molar refractivity (Wildman–Crippen MR) is 93.7 cm³/mol. The Kier molecular flexibility index (Phi) is 5.57. The fourth-order valence-electron chi connectivity index (χ4n) is 3.51. The minimum atomic E-state index is -0.971. The van der Waals surface area contributed by atoms with Crippen molar-refractivity contribution in [2.75, 3.05) is 13.1 Å². The molecule has 20 heavy (non-hydrogen) atoms. The molecule has 0 aromatic rings. The van der Waals surface area contributed by atoms with Crippen molar-refractivity contribution in [3.8, 4) is 0 Å². The predicted octanol–water partition coefficient (Wildman–Crippen LogP) is 5.96. The number of hydrogen-bond acceptors (Lipinski definition) is 1. The Morgan fingerprint density at radius 3 is 2.40 bits per heavy atom. The van der Waals surface area contributed by atoms with Gasteiger partial charge in [-0.1, -0.05) is 44.8 Å². The number of rotatable bonds is 5. The molecule has 0 spiro atoms. The topological polar surface area (TPSA) is 3.24 Å². The third kappa shape index (κ3) is 3.40. The molecular formula is C18H31NS. The molecule has 1 atom stereocenters. The zero-order chi connectivity index (χ0) is 14.6. The summed E-state index contributed by atoms with van der Waals surface area (Å²) in [5.74, 6) is 0.829. The van der Waals surface area contributed by atoms with E-state index in [-0.39, 0.29) is 0 Å². The van der Waals surface area contributed by atoms with E-state index in [1.54, 1.807) is 5.57 Å². The first kappa shape index (κ1) is 15.9. The second-order valence-electron chi connectivity index (χ2n) is 6.29. The van der Waals surface area contributed by atoms with E-state index in [2.05, 4.69) is 54.3 Å². The summed E-state index contributed by atoms with van der Waals surface area (Å²) in [6.45, 7) is 11.3. The lowest BCUT2D eigenvalue weighted by Gasteiger charge is -2.40. The van der Waals surface area contributed by atoms with Crippen molar-refractivity contribution in [3.63, 3.8) is 0 Å². The van der Waals surface area contributed by atoms with Gasteiger partial charge in [-0.15, -0.1) is 10.2 Å². The SMILES string of the molecule is CCN(CC)S1(C=C(C)C)C=CC(C2CCCCC2)=C1. The van der Waals surface area contributed by atoms with Gasteiger partial charge in [-0.2, -0.15) is 0 Å². The lowest BCUT2D eigenvalue weighted by molar-refractivity contribution is 0.409. The van der Waals surface area contributed by atoms with Crippen molar-refractivity contribution in [1.29, 1.82) is 0 Å². The standard InChI is InChI=1S/C18H31NS/c1-5-19(6-2)20(14-16(3)4)13-12-18(15-20)17-10-8-7-9-11-17/h12-15,17H,5-11H2,1-4H3. The first-order valence-electron chi connectivity index (χ1n) is 8.24. The maximum atomic E-state index is 2.65. The van der Waals surface area contributed by atoms with Gasteiger partial charge in [-0.3, -0.25) is 4.31 Å². The molecule has 0 saturated heterocycles. The summed E-state index contributed by atoms with van der Waals surface area (Å²) in [7, 11) is -0.971. The molecule has 0 N–H and O–H groups in total. The fourth-order valence-corrected chi connectivity index (χ4v) is 6.94. The van der Waals surface area contributed by atoms with Crippen LogP contribution in [0.15, 0.2) is 33.4 Å². The summed E-state index contributed by atoms with van der Waals surface area (Å²) in [4.78, 5) is 0. The van der Waals surface area contributed by atoms with E-state index < -0.39 is 10.2 Å². The van der Waals surface area contributed by atoms with Crippen molar-refractivity contribution >= 4 is 10.2 Å². The Morgan fingerprint density at radius 2 is 1.85 bits per heavy atom. The van der Waals surface area contributed by atoms with Gasteiger partial charge >= 0.3 is 0 Å². The van der Waals surface area contributed by atoms with Crippen LogP contribution >= 0.6 is 10.2 Å². The monoisotopic (exact) mass is 293 g/mol. The molecular weight excluding hydrogens is 262 g/mol. The summed E-state index contributed by atoms with van der Waals surface area (Å²) in [6.07, 6.45) is 9.54. The molecule has 114 valence electrons. The molecule has 0 aromatic carbocycles. The highest BCUT2D eigenvalue weighted by Gasteiger charge is 2.29. The smallest absolute Gasteiger partial charge is 0.00546 e. The van der Waals surface area contributed by atoms with Crippen LogP contribution < -0.4 is 0 Å². The molecule has 1 aliphatic carbocycles. The molecule has 2 rings (SSSR count). The number of allylic oxidation sites excluding steroid dienone is 3. The van der Waals surface area contributed by atoms with Crippen LogP contribution in [-0.4, -0.2) is 17.4 Å². The van der Waals surface area contributed by atoms with Crippen molar-refractivity contribution in [1.82, 2.24) is 4.31 Å². The van der Waals surface area contributed by atoms with Gasteiger partial charge in [-0.05, 0) is 54.4 Å². The van der Waals surface area contributed by atoms with Gasteiger partial charge in [0.05, 0.1) is 0 Å². The minimum absolute atomic E-state index is 0.829. The number of hydrogen-bond donors (Lipinski definition) is 0. The summed E-state index contributed by atoms with van der Waals surface area (Å²) in [6, 6.07) is 0. The van der Waals surface area contributed by atoms with Crippen molar-refractivity contribution in [3.05, 3.63) is 33.4 Å². The van der Waals surface area contributed by atoms with Crippen LogP contribution in [-0.2, 0) is 0 Å². The highest BCUT2D eigenvalue weighted by atomic mass is 32.3. The third-order valence-electron chi connectivity index (χ3n) is 4.46. The van der Waals surface area contributed by atoms with Gasteiger partial charge < -0.3 is 0 Å². The zero-order valence-electron chi connectivity index (χ0n) is 13.7. The molecule has 1 fully saturated rings. The zero-order valence-corrected chi connectivity index (χ0v) is 14.5. The number of nitrogens with zero attached hydrogens (tertiary/aromatic N) is 1. The van der Waals surface area contributed by atoms with Crippen LogP contribution in [0.3, 0.4) is 0 Å². The van der Waals surface area contributed by atoms with Crippen LogP contribution in [0.25, 0.3) is 0 Å². The average Bonchev–Trinajstić information content (AvgIpc) is 2.85. The summed E-state index contributed by atoms with van der Waals surface area (Å²) in [5, 5.41) is 7.66. The van der Waals surface area contributed by atoms with Gasteiger partial charge in [0.15, 0.2) is 0 Å². The first-order chi connectivity index (χ1) is 9.61. The maximum absolute atomic E-state index is 2.65. The lowest BCUT2D eigenvalue weighted by Crippen LogP contribution is -2.23. The van der Waals surface area contributed by atoms with Gasteiger partial charge in [-0.25, -0.2) is 0 Å². The summed E-state index contributed by atoms with van der Waals surface area (Å²) < 4.78 is 2.65. The highest BCUT2D eigenvalue weighted by molar-refractivity contribution is 8.39. The van der Waals surface area contributed by atoms with Gasteiger partial charge in [0.1, 0.15) is 0 Å². The fraction of sp³-hybridized carbons (Fsp3) is 0.667. The van der Waals surface area contributed by atoms with Gasteiger partial charge in [0.25, 0.3) is 0 Å². The minimum Gasteiger partial charge on any atom is -0.258 e. The molecule has 1 unspecified atom stereocenters. The molecule has 2 aliphatic rings. The van der Waals surface area contributed by atoms with E-state index in [9.17, 15) is 0 Å². The normalized spacial score (nSPS) is 30.1. The molecule has 0 bridgehead atoms. The summed E-state index contributed by atoms with van der Waals surface area (Å²) >= 11 is 0. The van der Waals surface area contributed by atoms with Crippen molar-refractivity contribution in [2.24, 2.45) is 5.92 Å². The molecule has 2 heteroatoms. The van der Waals surface area contributed by atoms with Gasteiger partial charge in [0.2, 0.25) is 0 Å².